The maximum Gasteiger partial charge on any atom is 0.276 e. The molecule has 9 rings (SSSR count). The van der Waals surface area contributed by atoms with Gasteiger partial charge in [-0.2, -0.15) is 0 Å². The summed E-state index contributed by atoms with van der Waals surface area (Å²) in [5.74, 6) is -2.01. The number of aromatic hydroxyl groups is 1. The number of carbonyl (C=O) groups is 1. The highest BCUT2D eigenvalue weighted by Gasteiger charge is 2.91. The van der Waals surface area contributed by atoms with Crippen molar-refractivity contribution in [2.45, 2.75) is 68.7 Å². The van der Waals surface area contributed by atoms with E-state index in [0.717, 1.165) is 16.7 Å². The molecule has 0 amide bonds. The van der Waals surface area contributed by atoms with Crippen molar-refractivity contribution in [2.75, 3.05) is 27.4 Å². The minimum absolute atomic E-state index is 0.0308. The van der Waals surface area contributed by atoms with Crippen LogP contribution in [0, 0.1) is 6.92 Å². The molecule has 4 aromatic rings. The van der Waals surface area contributed by atoms with E-state index in [1.165, 1.54) is 0 Å². The van der Waals surface area contributed by atoms with E-state index in [2.05, 4.69) is 10.3 Å². The molecule has 12 heteroatoms. The molecule has 238 valence electrons. The number of phenols is 1. The second-order valence-corrected chi connectivity index (χ2v) is 12.7. The van der Waals surface area contributed by atoms with E-state index in [9.17, 15) is 9.90 Å². The Kier molecular flexibility index (Phi) is 5.96. The number of Topliss-reactive ketones (excluding diaryl/α,β-unsaturated/α-hetero) is 1. The third-order valence-electron chi connectivity index (χ3n) is 10.2. The lowest BCUT2D eigenvalue weighted by molar-refractivity contribution is -0.297. The van der Waals surface area contributed by atoms with Crippen LogP contribution in [0.15, 0.2) is 42.6 Å². The van der Waals surface area contributed by atoms with Crippen molar-refractivity contribution < 1.29 is 43.1 Å². The van der Waals surface area contributed by atoms with E-state index in [0.29, 0.717) is 59.3 Å². The first-order valence-corrected chi connectivity index (χ1v) is 15.5. The maximum absolute atomic E-state index is 13.1. The molecule has 1 aliphatic carbocycles. The van der Waals surface area contributed by atoms with Gasteiger partial charge in [0.1, 0.15) is 35.7 Å². The first-order chi connectivity index (χ1) is 22.4. The van der Waals surface area contributed by atoms with Gasteiger partial charge >= 0.3 is 0 Å². The average Bonchev–Trinajstić information content (AvgIpc) is 3.52. The standard InChI is InChI=1S/C34H33N3O9/c1-18-12-22-26(27(39)25-21(28(22)40-2)10-7-11-23(25)38)29-24(18)30-31-34(41-3,45-29)32(16-43-32)33(44-30,46-31)17-42-15-20-14-37(36-35-20)13-19-8-5-4-6-9-19/h4-6,8-9,12,14,30-31,39H,7,10-11,13,15-17H2,1-3H3/t30?,31-,32-,33-,34-/m1/s1. The summed E-state index contributed by atoms with van der Waals surface area (Å²) >= 11 is 0. The van der Waals surface area contributed by atoms with Gasteiger partial charge in [0.05, 0.1) is 44.0 Å². The number of rotatable bonds is 8. The van der Waals surface area contributed by atoms with Gasteiger partial charge in [0, 0.05) is 30.0 Å². The van der Waals surface area contributed by atoms with E-state index < -0.39 is 29.4 Å². The summed E-state index contributed by atoms with van der Waals surface area (Å²) in [4.78, 5) is 13.1. The van der Waals surface area contributed by atoms with Crippen molar-refractivity contribution in [1.82, 2.24) is 15.0 Å². The third-order valence-corrected chi connectivity index (χ3v) is 10.2. The van der Waals surface area contributed by atoms with Gasteiger partial charge in [-0.15, -0.1) is 5.10 Å². The number of ketones is 1. The number of hydrogen-bond donors (Lipinski definition) is 1. The van der Waals surface area contributed by atoms with Crippen LogP contribution in [0.2, 0.25) is 0 Å². The fourth-order valence-corrected chi connectivity index (χ4v) is 8.11. The first-order valence-electron chi connectivity index (χ1n) is 15.5. The van der Waals surface area contributed by atoms with Gasteiger partial charge in [0.25, 0.3) is 5.79 Å². The number of phenolic OH excluding ortho intramolecular Hbond substituents is 1. The molecule has 5 atom stereocenters. The molecule has 5 aliphatic rings. The third kappa shape index (κ3) is 3.53. The molecule has 1 spiro atoms. The average molecular weight is 628 g/mol. The lowest BCUT2D eigenvalue weighted by Crippen LogP contribution is -2.68. The minimum atomic E-state index is -1.40. The highest BCUT2D eigenvalue weighted by Crippen LogP contribution is 2.71. The summed E-state index contributed by atoms with van der Waals surface area (Å²) < 4.78 is 46.4. The summed E-state index contributed by atoms with van der Waals surface area (Å²) in [6, 6.07) is 12.0. The zero-order valence-electron chi connectivity index (χ0n) is 25.7. The quantitative estimate of drug-likeness (QED) is 0.285. The Morgan fingerprint density at radius 1 is 1.15 bits per heavy atom. The van der Waals surface area contributed by atoms with E-state index in [1.807, 2.05) is 49.5 Å². The van der Waals surface area contributed by atoms with Crippen LogP contribution in [-0.2, 0) is 43.3 Å². The number of fused-ring (bicyclic) bond motifs is 8. The van der Waals surface area contributed by atoms with Crippen LogP contribution >= 0.6 is 0 Å². The molecule has 3 saturated heterocycles. The Balaban J connectivity index is 1.07. The van der Waals surface area contributed by atoms with E-state index in [-0.39, 0.29) is 36.9 Å². The Labute approximate surface area is 264 Å². The van der Waals surface area contributed by atoms with Crippen molar-refractivity contribution in [2.24, 2.45) is 0 Å². The maximum atomic E-state index is 13.1. The Hall–Kier alpha value is -4.07. The van der Waals surface area contributed by atoms with Gasteiger partial charge < -0.3 is 38.3 Å². The van der Waals surface area contributed by atoms with Gasteiger partial charge in [-0.3, -0.25) is 4.79 Å². The van der Waals surface area contributed by atoms with Gasteiger partial charge in [-0.1, -0.05) is 35.5 Å². The van der Waals surface area contributed by atoms with Crippen LogP contribution in [0.4, 0.5) is 0 Å². The van der Waals surface area contributed by atoms with Crippen LogP contribution < -0.4 is 9.47 Å². The number of ether oxygens (including phenoxy) is 7. The largest absolute Gasteiger partial charge is 0.506 e. The highest BCUT2D eigenvalue weighted by atomic mass is 16.9. The zero-order valence-corrected chi connectivity index (χ0v) is 25.7. The van der Waals surface area contributed by atoms with Crippen LogP contribution in [0.1, 0.15) is 57.3 Å². The highest BCUT2D eigenvalue weighted by molar-refractivity contribution is 6.11. The normalized spacial score (nSPS) is 30.0. The molecular weight excluding hydrogens is 594 g/mol. The summed E-state index contributed by atoms with van der Waals surface area (Å²) in [5, 5.41) is 21.3. The summed E-state index contributed by atoms with van der Waals surface area (Å²) in [6.45, 7) is 3.03. The number of nitrogens with zero attached hydrogens (tertiary/aromatic N) is 3. The van der Waals surface area contributed by atoms with Crippen molar-refractivity contribution >= 4 is 16.6 Å². The molecule has 3 fully saturated rings. The second-order valence-electron chi connectivity index (χ2n) is 12.7. The van der Waals surface area contributed by atoms with E-state index in [4.69, 9.17) is 33.2 Å². The number of methoxy groups -OCH3 is 2. The summed E-state index contributed by atoms with van der Waals surface area (Å²) in [6.07, 6.45) is 2.25. The van der Waals surface area contributed by atoms with E-state index in [1.54, 1.807) is 18.9 Å². The predicted octanol–water partition coefficient (Wildman–Crippen LogP) is 3.91. The van der Waals surface area contributed by atoms with Crippen LogP contribution in [-0.4, -0.2) is 76.6 Å². The molecule has 0 radical (unpaired) electrons. The van der Waals surface area contributed by atoms with Crippen molar-refractivity contribution in [3.8, 4) is 17.2 Å². The van der Waals surface area contributed by atoms with Crippen molar-refractivity contribution in [3.05, 3.63) is 76.1 Å². The van der Waals surface area contributed by atoms with Crippen LogP contribution in [0.3, 0.4) is 0 Å². The van der Waals surface area contributed by atoms with E-state index >= 15 is 0 Å². The molecule has 2 bridgehead atoms. The molecule has 46 heavy (non-hydrogen) atoms. The van der Waals surface area contributed by atoms with Crippen LogP contribution in [0.25, 0.3) is 10.8 Å². The Morgan fingerprint density at radius 2 is 1.98 bits per heavy atom. The molecule has 5 heterocycles. The molecule has 1 aromatic heterocycles. The number of aryl methyl sites for hydroxylation is 1. The molecule has 1 unspecified atom stereocenters. The molecule has 12 nitrogen and oxygen atoms in total. The fourth-order valence-electron chi connectivity index (χ4n) is 8.11. The second kappa shape index (κ2) is 9.72. The van der Waals surface area contributed by atoms with Gasteiger partial charge in [-0.25, -0.2) is 4.68 Å². The van der Waals surface area contributed by atoms with Crippen molar-refractivity contribution in [3.63, 3.8) is 0 Å². The molecule has 3 aromatic carbocycles. The molecule has 1 N–H and O–H groups in total. The SMILES string of the molecule is COc1c2c(c(O)c3c4c(c(C)cc13)C1O[C@]3(COCc5cn(Cc6ccccc6)nn5)O[C@H]1[C@@](OC)(O4)[C@@]31CO1)C(=O)CCC2. The van der Waals surface area contributed by atoms with Gasteiger partial charge in [-0.05, 0) is 37.0 Å². The van der Waals surface area contributed by atoms with Crippen LogP contribution in [0.5, 0.6) is 17.2 Å². The zero-order chi connectivity index (χ0) is 31.4. The number of aromatic nitrogens is 3. The van der Waals surface area contributed by atoms with Gasteiger partial charge in [0.2, 0.25) is 11.4 Å². The fraction of sp³-hybridized carbons (Fsp3) is 0.441. The molecule has 0 saturated carbocycles. The summed E-state index contributed by atoms with van der Waals surface area (Å²) in [7, 11) is 3.14. The summed E-state index contributed by atoms with van der Waals surface area (Å²) in [5.41, 5.74) is 3.25. The number of carbonyl (C=O) groups excluding carboxylic acids is 1. The lowest BCUT2D eigenvalue weighted by Gasteiger charge is -2.48. The Bertz CT molecular complexity index is 1920. The Morgan fingerprint density at radius 3 is 2.74 bits per heavy atom. The number of hydrogen-bond acceptors (Lipinski definition) is 11. The topological polar surface area (TPSA) is 136 Å². The lowest BCUT2D eigenvalue weighted by atomic mass is 9.78. The molecule has 4 aliphatic heterocycles. The van der Waals surface area contributed by atoms with Gasteiger partial charge in [0.15, 0.2) is 11.9 Å². The number of benzene rings is 3. The minimum Gasteiger partial charge on any atom is -0.506 e. The monoisotopic (exact) mass is 627 g/mol. The predicted molar refractivity (Wildman–Crippen MR) is 160 cm³/mol. The van der Waals surface area contributed by atoms with Crippen molar-refractivity contribution in [1.29, 1.82) is 0 Å². The molecular formula is C34H33N3O9. The number of epoxide rings is 1. The smallest absolute Gasteiger partial charge is 0.276 e. The first kappa shape index (κ1) is 28.2.